The van der Waals surface area contributed by atoms with Crippen molar-refractivity contribution in [2.75, 3.05) is 20.5 Å². The van der Waals surface area contributed by atoms with E-state index in [1.54, 1.807) is 24.5 Å². The second-order valence-electron chi connectivity index (χ2n) is 4.02. The van der Waals surface area contributed by atoms with Crippen molar-refractivity contribution in [3.63, 3.8) is 0 Å². The number of methoxy groups -OCH3 is 2. The van der Waals surface area contributed by atoms with Crippen LogP contribution in [-0.2, 0) is 0 Å². The lowest BCUT2D eigenvalue weighted by atomic mass is 10.2. The van der Waals surface area contributed by atoms with Gasteiger partial charge in [-0.15, -0.1) is 10.2 Å². The van der Waals surface area contributed by atoms with Crippen LogP contribution in [0.25, 0.3) is 0 Å². The average Bonchev–Trinajstić information content (AvgIpc) is 2.95. The smallest absolute Gasteiger partial charge is 0.299 e. The summed E-state index contributed by atoms with van der Waals surface area (Å²) in [6.45, 7) is 0. The predicted octanol–water partition coefficient (Wildman–Crippen LogP) is 2.84. The molecule has 0 spiro atoms. The second kappa shape index (κ2) is 7.21. The van der Waals surface area contributed by atoms with Crippen LogP contribution in [0.1, 0.15) is 17.8 Å². The fourth-order valence-corrected chi connectivity index (χ4v) is 2.14. The van der Waals surface area contributed by atoms with E-state index in [1.165, 1.54) is 32.2 Å². The maximum Gasteiger partial charge on any atom is 0.299 e. The van der Waals surface area contributed by atoms with E-state index >= 15 is 0 Å². The summed E-state index contributed by atoms with van der Waals surface area (Å²) in [4.78, 5) is 0. The Morgan fingerprint density at radius 2 is 1.95 bits per heavy atom. The number of thioether (sulfide) groups is 1. The molecule has 0 saturated heterocycles. The first kappa shape index (κ1) is 16.2. The SMILES string of the molecule is COc1ccc(/C=N\n2c(SC)nnc2C(F)F)cc1OC. The van der Waals surface area contributed by atoms with E-state index in [-0.39, 0.29) is 5.16 Å². The Morgan fingerprint density at radius 1 is 1.23 bits per heavy atom. The predicted molar refractivity (Wildman–Crippen MR) is 79.3 cm³/mol. The van der Waals surface area contributed by atoms with Gasteiger partial charge >= 0.3 is 0 Å². The molecular weight excluding hydrogens is 314 g/mol. The summed E-state index contributed by atoms with van der Waals surface area (Å²) in [5.41, 5.74) is 0.665. The van der Waals surface area contributed by atoms with Crippen molar-refractivity contribution >= 4 is 18.0 Å². The van der Waals surface area contributed by atoms with Crippen LogP contribution in [0.5, 0.6) is 11.5 Å². The topological polar surface area (TPSA) is 61.5 Å². The molecule has 1 aromatic carbocycles. The van der Waals surface area contributed by atoms with Gasteiger partial charge in [-0.3, -0.25) is 0 Å². The molecule has 0 amide bonds. The number of aromatic nitrogens is 3. The van der Waals surface area contributed by atoms with E-state index < -0.39 is 12.2 Å². The summed E-state index contributed by atoms with van der Waals surface area (Å²) >= 11 is 1.18. The van der Waals surface area contributed by atoms with Crippen molar-refractivity contribution < 1.29 is 18.3 Å². The molecule has 0 aliphatic rings. The minimum atomic E-state index is -2.75. The molecule has 0 aliphatic heterocycles. The van der Waals surface area contributed by atoms with Gasteiger partial charge in [0, 0.05) is 0 Å². The van der Waals surface area contributed by atoms with Crippen molar-refractivity contribution in [3.8, 4) is 11.5 Å². The summed E-state index contributed by atoms with van der Waals surface area (Å²) in [5, 5.41) is 11.4. The zero-order valence-electron chi connectivity index (χ0n) is 12.2. The molecule has 0 saturated carbocycles. The molecule has 2 rings (SSSR count). The van der Waals surface area contributed by atoms with Crippen molar-refractivity contribution in [1.29, 1.82) is 0 Å². The molecule has 118 valence electrons. The van der Waals surface area contributed by atoms with Crippen LogP contribution in [-0.4, -0.2) is 41.6 Å². The lowest BCUT2D eigenvalue weighted by molar-refractivity contribution is 0.135. The molecule has 0 atom stereocenters. The fourth-order valence-electron chi connectivity index (χ4n) is 1.71. The van der Waals surface area contributed by atoms with Gasteiger partial charge < -0.3 is 9.47 Å². The van der Waals surface area contributed by atoms with Crippen molar-refractivity contribution in [2.24, 2.45) is 5.10 Å². The molecule has 0 radical (unpaired) electrons. The highest BCUT2D eigenvalue weighted by atomic mass is 32.2. The molecule has 0 fully saturated rings. The summed E-state index contributed by atoms with van der Waals surface area (Å²) in [5.74, 6) is 0.595. The van der Waals surface area contributed by atoms with Gasteiger partial charge in [0.1, 0.15) is 0 Å². The molecule has 0 aliphatic carbocycles. The number of alkyl halides is 2. The lowest BCUT2D eigenvalue weighted by Crippen LogP contribution is -2.00. The molecule has 9 heteroatoms. The van der Waals surface area contributed by atoms with Crippen molar-refractivity contribution in [2.45, 2.75) is 11.6 Å². The highest BCUT2D eigenvalue weighted by Crippen LogP contribution is 2.27. The van der Waals surface area contributed by atoms with Crippen LogP contribution in [0, 0.1) is 0 Å². The number of nitrogens with zero attached hydrogens (tertiary/aromatic N) is 4. The third kappa shape index (κ3) is 3.35. The monoisotopic (exact) mass is 328 g/mol. The van der Waals surface area contributed by atoms with Crippen LogP contribution in [0.15, 0.2) is 28.5 Å². The Balaban J connectivity index is 2.34. The molecule has 1 aromatic heterocycles. The Hall–Kier alpha value is -2.16. The first-order chi connectivity index (χ1) is 10.6. The van der Waals surface area contributed by atoms with E-state index in [4.69, 9.17) is 9.47 Å². The summed E-state index contributed by atoms with van der Waals surface area (Å²) in [7, 11) is 3.04. The Morgan fingerprint density at radius 3 is 2.55 bits per heavy atom. The third-order valence-electron chi connectivity index (χ3n) is 2.74. The summed E-state index contributed by atoms with van der Waals surface area (Å²) < 4.78 is 37.1. The highest BCUT2D eigenvalue weighted by Gasteiger charge is 2.19. The number of hydrogen-bond acceptors (Lipinski definition) is 6. The molecular formula is C13H14F2N4O2S. The first-order valence-electron chi connectivity index (χ1n) is 6.14. The van der Waals surface area contributed by atoms with Gasteiger partial charge in [0.2, 0.25) is 11.0 Å². The lowest BCUT2D eigenvalue weighted by Gasteiger charge is -2.07. The van der Waals surface area contributed by atoms with E-state index in [9.17, 15) is 8.78 Å². The number of hydrogen-bond donors (Lipinski definition) is 0. The van der Waals surface area contributed by atoms with Gasteiger partial charge in [-0.2, -0.15) is 9.78 Å². The Bertz CT molecular complexity index is 676. The van der Waals surface area contributed by atoms with Crippen LogP contribution in [0.4, 0.5) is 8.78 Å². The van der Waals surface area contributed by atoms with Crippen molar-refractivity contribution in [1.82, 2.24) is 14.9 Å². The molecule has 22 heavy (non-hydrogen) atoms. The molecule has 1 heterocycles. The molecule has 0 unspecified atom stereocenters. The van der Waals surface area contributed by atoms with Crippen LogP contribution in [0.2, 0.25) is 0 Å². The van der Waals surface area contributed by atoms with E-state index in [2.05, 4.69) is 15.3 Å². The normalized spacial score (nSPS) is 11.4. The molecule has 6 nitrogen and oxygen atoms in total. The van der Waals surface area contributed by atoms with Gasteiger partial charge in [-0.1, -0.05) is 11.8 Å². The van der Waals surface area contributed by atoms with E-state index in [1.807, 2.05) is 0 Å². The van der Waals surface area contributed by atoms with E-state index in [0.29, 0.717) is 17.1 Å². The van der Waals surface area contributed by atoms with Crippen LogP contribution < -0.4 is 9.47 Å². The summed E-state index contributed by atoms with van der Waals surface area (Å²) in [6.07, 6.45) is 0.384. The molecule has 0 bridgehead atoms. The minimum absolute atomic E-state index is 0.284. The Labute approximate surface area is 130 Å². The second-order valence-corrected chi connectivity index (χ2v) is 4.79. The zero-order valence-corrected chi connectivity index (χ0v) is 13.0. The fraction of sp³-hybridized carbons (Fsp3) is 0.308. The largest absolute Gasteiger partial charge is 0.493 e. The standard InChI is InChI=1S/C13H14F2N4O2S/c1-20-9-5-4-8(6-10(9)21-2)7-16-19-12(11(14)15)17-18-13(19)22-3/h4-7,11H,1-3H3/b16-7-. The van der Waals surface area contributed by atoms with E-state index in [0.717, 1.165) is 4.68 Å². The highest BCUT2D eigenvalue weighted by molar-refractivity contribution is 7.98. The van der Waals surface area contributed by atoms with Gasteiger partial charge in [0.15, 0.2) is 11.5 Å². The van der Waals surface area contributed by atoms with Gasteiger partial charge in [-0.05, 0) is 30.0 Å². The number of benzene rings is 1. The molecule has 2 aromatic rings. The first-order valence-corrected chi connectivity index (χ1v) is 7.37. The Kier molecular flexibility index (Phi) is 5.31. The minimum Gasteiger partial charge on any atom is -0.493 e. The van der Waals surface area contributed by atoms with Crippen molar-refractivity contribution in [3.05, 3.63) is 29.6 Å². The molecule has 0 N–H and O–H groups in total. The quantitative estimate of drug-likeness (QED) is 0.603. The number of halogens is 2. The summed E-state index contributed by atoms with van der Waals surface area (Å²) in [6, 6.07) is 5.12. The van der Waals surface area contributed by atoms with Gasteiger partial charge in [-0.25, -0.2) is 8.78 Å². The van der Waals surface area contributed by atoms with Gasteiger partial charge in [0.25, 0.3) is 6.43 Å². The zero-order chi connectivity index (χ0) is 16.1. The maximum atomic E-state index is 12.9. The number of ether oxygens (including phenoxy) is 2. The average molecular weight is 328 g/mol. The van der Waals surface area contributed by atoms with Crippen LogP contribution >= 0.6 is 11.8 Å². The maximum absolute atomic E-state index is 12.9. The van der Waals surface area contributed by atoms with Crippen LogP contribution in [0.3, 0.4) is 0 Å². The van der Waals surface area contributed by atoms with Gasteiger partial charge in [0.05, 0.1) is 20.4 Å². The number of rotatable bonds is 6. The third-order valence-corrected chi connectivity index (χ3v) is 3.36.